The van der Waals surface area contributed by atoms with Crippen LogP contribution in [0.3, 0.4) is 0 Å². The molecule has 174 valence electrons. The summed E-state index contributed by atoms with van der Waals surface area (Å²) in [6.07, 6.45) is 2.96. The van der Waals surface area contributed by atoms with Crippen LogP contribution in [0.4, 0.5) is 5.88 Å². The highest BCUT2D eigenvalue weighted by atomic mass is 79.9. The van der Waals surface area contributed by atoms with Crippen molar-refractivity contribution in [2.45, 2.75) is 29.2 Å². The second-order valence-corrected chi connectivity index (χ2v) is 11.4. The molecule has 7 heteroatoms. The largest absolute Gasteiger partial charge is 0.419 e. The highest BCUT2D eigenvalue weighted by molar-refractivity contribution is 9.10. The van der Waals surface area contributed by atoms with Gasteiger partial charge in [-0.2, -0.15) is 4.98 Å². The molecule has 1 aliphatic rings. The summed E-state index contributed by atoms with van der Waals surface area (Å²) in [6, 6.07) is 26.4. The number of anilines is 1. The van der Waals surface area contributed by atoms with Gasteiger partial charge in [0.2, 0.25) is 26.6 Å². The van der Waals surface area contributed by atoms with Crippen molar-refractivity contribution < 1.29 is 12.8 Å². The lowest BCUT2D eigenvalue weighted by atomic mass is 9.90. The number of piperidine rings is 1. The maximum atomic E-state index is 13.5. The van der Waals surface area contributed by atoms with Gasteiger partial charge in [0.25, 0.3) is 0 Å². The van der Waals surface area contributed by atoms with E-state index in [2.05, 4.69) is 45.2 Å². The predicted molar refractivity (Wildman–Crippen MR) is 137 cm³/mol. The molecule has 0 spiro atoms. The monoisotopic (exact) mass is 536 g/mol. The van der Waals surface area contributed by atoms with Crippen LogP contribution in [0, 0.1) is 5.92 Å². The Hall–Kier alpha value is -2.90. The number of aromatic nitrogens is 1. The Kier molecular flexibility index (Phi) is 6.57. The van der Waals surface area contributed by atoms with Crippen LogP contribution in [-0.2, 0) is 16.3 Å². The summed E-state index contributed by atoms with van der Waals surface area (Å²) in [5.41, 5.74) is 2.07. The Morgan fingerprint density at radius 3 is 2.15 bits per heavy atom. The van der Waals surface area contributed by atoms with E-state index in [1.54, 1.807) is 30.3 Å². The SMILES string of the molecule is O=S(=O)(c1ccccc1)c1nc(-c2ccc(Br)cc2)oc1N1CCC(Cc2ccccc2)CC1. The van der Waals surface area contributed by atoms with E-state index in [1.165, 1.54) is 5.56 Å². The van der Waals surface area contributed by atoms with Crippen molar-refractivity contribution in [2.75, 3.05) is 18.0 Å². The van der Waals surface area contributed by atoms with Gasteiger partial charge in [-0.25, -0.2) is 8.42 Å². The van der Waals surface area contributed by atoms with E-state index in [9.17, 15) is 8.42 Å². The van der Waals surface area contributed by atoms with Crippen molar-refractivity contribution in [3.05, 3.63) is 95.0 Å². The van der Waals surface area contributed by atoms with Crippen molar-refractivity contribution in [3.8, 4) is 11.5 Å². The van der Waals surface area contributed by atoms with Crippen molar-refractivity contribution in [1.29, 1.82) is 0 Å². The van der Waals surface area contributed by atoms with Crippen LogP contribution in [0.25, 0.3) is 11.5 Å². The van der Waals surface area contributed by atoms with Crippen molar-refractivity contribution in [2.24, 2.45) is 5.92 Å². The summed E-state index contributed by atoms with van der Waals surface area (Å²) in [5.74, 6) is 1.20. The van der Waals surface area contributed by atoms with E-state index in [0.29, 0.717) is 17.7 Å². The Morgan fingerprint density at radius 1 is 0.882 bits per heavy atom. The van der Waals surface area contributed by atoms with Crippen molar-refractivity contribution >= 4 is 31.7 Å². The Bertz CT molecular complexity index is 1350. The van der Waals surface area contributed by atoms with E-state index in [1.807, 2.05) is 35.2 Å². The molecule has 4 aromatic rings. The second kappa shape index (κ2) is 9.76. The lowest BCUT2D eigenvalue weighted by Gasteiger charge is -2.32. The fourth-order valence-corrected chi connectivity index (χ4v) is 5.99. The van der Waals surface area contributed by atoms with E-state index in [-0.39, 0.29) is 9.92 Å². The molecule has 0 radical (unpaired) electrons. The number of hydrogen-bond donors (Lipinski definition) is 0. The van der Waals surface area contributed by atoms with E-state index in [0.717, 1.165) is 42.4 Å². The van der Waals surface area contributed by atoms with Crippen molar-refractivity contribution in [1.82, 2.24) is 4.98 Å². The van der Waals surface area contributed by atoms with Crippen LogP contribution in [0.2, 0.25) is 0 Å². The second-order valence-electron chi connectivity index (χ2n) is 8.57. The standard InChI is InChI=1S/C27H25BrN2O3S/c28-23-13-11-22(12-14-23)25-29-26(34(31,32)24-9-5-2-6-10-24)27(33-25)30-17-15-21(16-18-30)19-20-7-3-1-4-8-20/h1-14,21H,15-19H2. The summed E-state index contributed by atoms with van der Waals surface area (Å²) >= 11 is 3.44. The molecule has 0 saturated carbocycles. The maximum absolute atomic E-state index is 13.5. The van der Waals surface area contributed by atoms with E-state index >= 15 is 0 Å². The molecule has 1 aliphatic heterocycles. The zero-order valence-corrected chi connectivity index (χ0v) is 21.0. The number of oxazole rings is 1. The molecule has 0 N–H and O–H groups in total. The molecule has 0 unspecified atom stereocenters. The number of halogens is 1. The quantitative estimate of drug-likeness (QED) is 0.285. The van der Waals surface area contributed by atoms with Gasteiger partial charge in [-0.15, -0.1) is 0 Å². The van der Waals surface area contributed by atoms with Crippen LogP contribution in [-0.4, -0.2) is 26.5 Å². The summed E-state index contributed by atoms with van der Waals surface area (Å²) in [6.45, 7) is 1.45. The first-order valence-corrected chi connectivity index (χ1v) is 13.6. The zero-order chi connectivity index (χ0) is 23.5. The third-order valence-electron chi connectivity index (χ3n) is 6.25. The molecule has 34 heavy (non-hydrogen) atoms. The zero-order valence-electron chi connectivity index (χ0n) is 18.6. The highest BCUT2D eigenvalue weighted by Gasteiger charge is 2.33. The minimum atomic E-state index is -3.83. The number of rotatable bonds is 6. The Balaban J connectivity index is 1.45. The molecule has 1 saturated heterocycles. The molecule has 0 aliphatic carbocycles. The third-order valence-corrected chi connectivity index (χ3v) is 8.44. The van der Waals surface area contributed by atoms with Crippen LogP contribution in [0.5, 0.6) is 0 Å². The highest BCUT2D eigenvalue weighted by Crippen LogP contribution is 2.37. The summed E-state index contributed by atoms with van der Waals surface area (Å²) in [5, 5.41) is -0.0156. The fraction of sp³-hybridized carbons (Fsp3) is 0.222. The number of hydrogen-bond acceptors (Lipinski definition) is 5. The molecule has 0 amide bonds. The van der Waals surface area contributed by atoms with Gasteiger partial charge in [0, 0.05) is 23.1 Å². The van der Waals surface area contributed by atoms with Gasteiger partial charge in [-0.05, 0) is 67.1 Å². The Labute approximate surface area is 208 Å². The lowest BCUT2D eigenvalue weighted by molar-refractivity contribution is 0.387. The van der Waals surface area contributed by atoms with Gasteiger partial charge in [0.05, 0.1) is 4.90 Å². The van der Waals surface area contributed by atoms with Crippen LogP contribution in [0.1, 0.15) is 18.4 Å². The first kappa shape index (κ1) is 22.9. The van der Waals surface area contributed by atoms with Gasteiger partial charge in [0.1, 0.15) is 0 Å². The van der Waals surface area contributed by atoms with Gasteiger partial charge in [-0.1, -0.05) is 64.5 Å². The van der Waals surface area contributed by atoms with Gasteiger partial charge in [-0.3, -0.25) is 0 Å². The first-order valence-electron chi connectivity index (χ1n) is 11.4. The minimum Gasteiger partial charge on any atom is -0.419 e. The Morgan fingerprint density at radius 2 is 1.50 bits per heavy atom. The number of sulfone groups is 1. The molecule has 1 fully saturated rings. The summed E-state index contributed by atoms with van der Waals surface area (Å²) < 4.78 is 34.2. The lowest BCUT2D eigenvalue weighted by Crippen LogP contribution is -2.34. The molecule has 1 aromatic heterocycles. The van der Waals surface area contributed by atoms with E-state index in [4.69, 9.17) is 4.42 Å². The maximum Gasteiger partial charge on any atom is 0.236 e. The average molecular weight is 537 g/mol. The van der Waals surface area contributed by atoms with Crippen LogP contribution >= 0.6 is 15.9 Å². The fourth-order valence-electron chi connectivity index (χ4n) is 4.39. The molecule has 2 heterocycles. The normalized spacial score (nSPS) is 14.9. The molecule has 3 aromatic carbocycles. The number of nitrogens with zero attached hydrogens (tertiary/aromatic N) is 2. The molecular weight excluding hydrogens is 512 g/mol. The average Bonchev–Trinajstić information content (AvgIpc) is 3.33. The molecule has 0 bridgehead atoms. The van der Waals surface area contributed by atoms with Gasteiger partial charge >= 0.3 is 0 Å². The molecular formula is C27H25BrN2O3S. The van der Waals surface area contributed by atoms with Crippen molar-refractivity contribution in [3.63, 3.8) is 0 Å². The first-order chi connectivity index (χ1) is 16.5. The minimum absolute atomic E-state index is 0.0156. The van der Waals surface area contributed by atoms with E-state index < -0.39 is 9.84 Å². The van der Waals surface area contributed by atoms with Crippen LogP contribution in [0.15, 0.2) is 104 Å². The van der Waals surface area contributed by atoms with Gasteiger partial charge in [0.15, 0.2) is 0 Å². The molecule has 5 rings (SSSR count). The topological polar surface area (TPSA) is 63.4 Å². The summed E-state index contributed by atoms with van der Waals surface area (Å²) in [7, 11) is -3.83. The van der Waals surface area contributed by atoms with Crippen LogP contribution < -0.4 is 4.90 Å². The number of benzene rings is 3. The van der Waals surface area contributed by atoms with Gasteiger partial charge < -0.3 is 9.32 Å². The molecule has 5 nitrogen and oxygen atoms in total. The molecule has 0 atom stereocenters. The summed E-state index contributed by atoms with van der Waals surface area (Å²) in [4.78, 5) is 6.76. The predicted octanol–water partition coefficient (Wildman–Crippen LogP) is 6.40. The third kappa shape index (κ3) is 4.81. The smallest absolute Gasteiger partial charge is 0.236 e.